The number of benzene rings is 1. The molecule has 7 heterocycles. The second-order valence-corrected chi connectivity index (χ2v) is 13.6. The maximum absolute atomic E-state index is 13.8. The van der Waals surface area contributed by atoms with Gasteiger partial charge in [0, 0.05) is 66.8 Å². The molecule has 0 radical (unpaired) electrons. The van der Waals surface area contributed by atoms with Crippen molar-refractivity contribution in [2.24, 2.45) is 0 Å². The Kier molecular flexibility index (Phi) is 8.18. The molecule has 3 aliphatic heterocycles. The van der Waals surface area contributed by atoms with Crippen LogP contribution in [0.2, 0.25) is 5.02 Å². The van der Waals surface area contributed by atoms with Crippen molar-refractivity contribution >= 4 is 45.5 Å². The average Bonchev–Trinajstić information content (AvgIpc) is 3.65. The number of hydrogen-bond donors (Lipinski definition) is 1. The molecular formula is C35H40ClN9O2. The fourth-order valence-electron chi connectivity index (χ4n) is 8.02. The number of nitrogens with zero attached hydrogens (tertiary/aromatic N) is 8. The van der Waals surface area contributed by atoms with Crippen LogP contribution in [0.15, 0.2) is 59.9 Å². The molecule has 8 rings (SSSR count). The van der Waals surface area contributed by atoms with Gasteiger partial charge in [-0.05, 0) is 69.8 Å². The van der Waals surface area contributed by atoms with Crippen LogP contribution < -0.4 is 10.6 Å². The first-order valence-corrected chi connectivity index (χ1v) is 17.3. The summed E-state index contributed by atoms with van der Waals surface area (Å²) in [6, 6.07) is 12.2. The Bertz CT molecular complexity index is 1960. The molecule has 0 spiro atoms. The van der Waals surface area contributed by atoms with E-state index < -0.39 is 0 Å². The van der Waals surface area contributed by atoms with Gasteiger partial charge in [-0.3, -0.25) is 14.3 Å². The van der Waals surface area contributed by atoms with E-state index in [1.807, 2.05) is 52.1 Å². The molecule has 11 nitrogen and oxygen atoms in total. The Morgan fingerprint density at radius 1 is 0.851 bits per heavy atom. The largest absolute Gasteiger partial charge is 0.356 e. The summed E-state index contributed by atoms with van der Waals surface area (Å²) in [5.74, 6) is 0.939. The molecule has 5 aromatic rings. The molecule has 47 heavy (non-hydrogen) atoms. The summed E-state index contributed by atoms with van der Waals surface area (Å²) < 4.78 is 3.76. The second kappa shape index (κ2) is 12.8. The van der Waals surface area contributed by atoms with Crippen molar-refractivity contribution in [2.75, 3.05) is 44.2 Å². The zero-order chi connectivity index (χ0) is 31.9. The van der Waals surface area contributed by atoms with Crippen LogP contribution in [-0.2, 0) is 11.3 Å². The maximum Gasteiger partial charge on any atom is 0.327 e. The molecule has 4 aromatic heterocycles. The van der Waals surface area contributed by atoms with Crippen LogP contribution in [0, 0.1) is 0 Å². The minimum Gasteiger partial charge on any atom is -0.356 e. The van der Waals surface area contributed by atoms with E-state index in [1.54, 1.807) is 17.1 Å². The zero-order valence-electron chi connectivity index (χ0n) is 26.5. The summed E-state index contributed by atoms with van der Waals surface area (Å²) in [4.78, 5) is 50.3. The van der Waals surface area contributed by atoms with Gasteiger partial charge in [-0.15, -0.1) is 0 Å². The van der Waals surface area contributed by atoms with E-state index in [0.29, 0.717) is 42.6 Å². The fourth-order valence-corrected chi connectivity index (χ4v) is 8.26. The molecule has 0 unspecified atom stereocenters. The average molecular weight is 654 g/mol. The van der Waals surface area contributed by atoms with Crippen LogP contribution in [0.5, 0.6) is 0 Å². The first-order valence-electron chi connectivity index (χ1n) is 17.0. The summed E-state index contributed by atoms with van der Waals surface area (Å²) in [7, 11) is 0. The normalized spacial score (nSPS) is 18.8. The van der Waals surface area contributed by atoms with Crippen molar-refractivity contribution in [1.29, 1.82) is 0 Å². The number of nitrogens with one attached hydrogen (secondary N) is 1. The highest BCUT2D eigenvalue weighted by atomic mass is 35.5. The van der Waals surface area contributed by atoms with Crippen LogP contribution in [0.25, 0.3) is 33.3 Å². The lowest BCUT2D eigenvalue weighted by Crippen LogP contribution is -2.47. The quantitative estimate of drug-likeness (QED) is 0.271. The minimum atomic E-state index is -0.152. The predicted octanol–water partition coefficient (Wildman–Crippen LogP) is 5.11. The Labute approximate surface area is 278 Å². The van der Waals surface area contributed by atoms with E-state index in [4.69, 9.17) is 21.6 Å². The summed E-state index contributed by atoms with van der Waals surface area (Å²) >= 11 is 6.77. The Morgan fingerprint density at radius 3 is 2.40 bits per heavy atom. The topological polar surface area (TPSA) is 108 Å². The smallest absolute Gasteiger partial charge is 0.327 e. The van der Waals surface area contributed by atoms with Crippen LogP contribution in [0.3, 0.4) is 0 Å². The molecule has 1 aromatic carbocycles. The number of carbonyl (C=O) groups is 1. The number of likely N-dealkylation sites (tertiary alicyclic amines) is 2. The summed E-state index contributed by atoms with van der Waals surface area (Å²) in [5, 5.41) is 1.59. The standard InChI is InChI=1S/C35H40ClN9O2/c36-28-8-3-2-7-26(28)27-21-44(22-30(46)42-17-12-25(13-18-42)45-29-9-6-14-37-32(29)40-35(45)47)34-31(27)33(38-23-39-34)43-19-10-24(11-20-43)41-15-4-1-5-16-41/h2-3,6-9,14,21,23-25H,1,4-5,10-13,15-20,22H2,(H,37,40,47). The van der Waals surface area contributed by atoms with Gasteiger partial charge in [-0.2, -0.15) is 0 Å². The maximum atomic E-state index is 13.8. The van der Waals surface area contributed by atoms with E-state index in [2.05, 4.69) is 19.8 Å². The third-order valence-corrected chi connectivity index (χ3v) is 10.8. The van der Waals surface area contributed by atoms with Gasteiger partial charge in [0.1, 0.15) is 24.3 Å². The molecule has 0 atom stereocenters. The zero-order valence-corrected chi connectivity index (χ0v) is 27.3. The summed E-state index contributed by atoms with van der Waals surface area (Å²) in [6.07, 6.45) is 12.9. The first-order chi connectivity index (χ1) is 23.0. The number of pyridine rings is 1. The number of carbonyl (C=O) groups excluding carboxylic acids is 1. The Hall–Kier alpha value is -4.22. The Balaban J connectivity index is 1.04. The highest BCUT2D eigenvalue weighted by molar-refractivity contribution is 6.33. The number of halogens is 1. The van der Waals surface area contributed by atoms with Crippen LogP contribution in [-0.4, -0.2) is 90.1 Å². The van der Waals surface area contributed by atoms with Crippen LogP contribution in [0.4, 0.5) is 5.82 Å². The van der Waals surface area contributed by atoms with Gasteiger partial charge in [0.25, 0.3) is 0 Å². The van der Waals surface area contributed by atoms with Gasteiger partial charge in [-0.25, -0.2) is 19.7 Å². The molecule has 0 saturated carbocycles. The molecular weight excluding hydrogens is 614 g/mol. The van der Waals surface area contributed by atoms with Gasteiger partial charge in [0.05, 0.1) is 10.9 Å². The third kappa shape index (κ3) is 5.69. The SMILES string of the molecule is O=C(Cn1cc(-c2ccccc2Cl)c2c(N3CCC(N4CCCCC4)CC3)ncnc21)N1CCC(n2c(=O)[nH]c3ncccc32)CC1. The number of piperidine rings is 3. The van der Waals surface area contributed by atoms with Crippen molar-refractivity contribution in [2.45, 2.75) is 63.6 Å². The predicted molar refractivity (Wildman–Crippen MR) is 184 cm³/mol. The van der Waals surface area contributed by atoms with Crippen molar-refractivity contribution in [3.63, 3.8) is 0 Å². The van der Waals surface area contributed by atoms with E-state index >= 15 is 0 Å². The number of amides is 1. The van der Waals surface area contributed by atoms with Crippen LogP contribution in [0.1, 0.15) is 51.0 Å². The van der Waals surface area contributed by atoms with Crippen molar-refractivity contribution < 1.29 is 4.79 Å². The molecule has 3 aliphatic rings. The summed E-state index contributed by atoms with van der Waals surface area (Å²) in [6.45, 7) is 5.61. The molecule has 3 saturated heterocycles. The van der Waals surface area contributed by atoms with E-state index in [0.717, 1.165) is 59.4 Å². The molecule has 12 heteroatoms. The van der Waals surface area contributed by atoms with E-state index in [9.17, 15) is 9.59 Å². The summed E-state index contributed by atoms with van der Waals surface area (Å²) in [5.41, 5.74) is 3.84. The minimum absolute atomic E-state index is 0.0121. The number of fused-ring (bicyclic) bond motifs is 2. The highest BCUT2D eigenvalue weighted by Gasteiger charge is 2.30. The van der Waals surface area contributed by atoms with E-state index in [1.165, 1.54) is 32.4 Å². The number of imidazole rings is 1. The number of anilines is 1. The molecule has 244 valence electrons. The van der Waals surface area contributed by atoms with Crippen LogP contribution >= 0.6 is 11.6 Å². The highest BCUT2D eigenvalue weighted by Crippen LogP contribution is 2.39. The van der Waals surface area contributed by atoms with Gasteiger partial charge in [-0.1, -0.05) is 36.2 Å². The van der Waals surface area contributed by atoms with Gasteiger partial charge >= 0.3 is 5.69 Å². The lowest BCUT2D eigenvalue weighted by Gasteiger charge is -2.40. The Morgan fingerprint density at radius 2 is 1.62 bits per heavy atom. The lowest BCUT2D eigenvalue weighted by molar-refractivity contribution is -0.133. The lowest BCUT2D eigenvalue weighted by atomic mass is 9.99. The first kappa shape index (κ1) is 30.1. The van der Waals surface area contributed by atoms with Gasteiger partial charge in [0.2, 0.25) is 5.91 Å². The number of hydrogen-bond acceptors (Lipinski definition) is 7. The van der Waals surface area contributed by atoms with Gasteiger partial charge in [0.15, 0.2) is 5.65 Å². The van der Waals surface area contributed by atoms with Crippen molar-refractivity contribution in [3.8, 4) is 11.1 Å². The fraction of sp³-hybridized carbons (Fsp3) is 0.457. The van der Waals surface area contributed by atoms with Crippen molar-refractivity contribution in [1.82, 2.24) is 38.9 Å². The molecule has 1 amide bonds. The second-order valence-electron chi connectivity index (χ2n) is 13.1. The third-order valence-electron chi connectivity index (χ3n) is 10.4. The molecule has 0 bridgehead atoms. The number of aromatic amines is 1. The molecule has 1 N–H and O–H groups in total. The monoisotopic (exact) mass is 653 g/mol. The number of H-pyrrole nitrogens is 1. The number of rotatable bonds is 6. The van der Waals surface area contributed by atoms with Gasteiger partial charge < -0.3 is 19.3 Å². The molecule has 3 fully saturated rings. The van der Waals surface area contributed by atoms with Crippen molar-refractivity contribution in [3.05, 3.63) is 70.6 Å². The molecule has 0 aliphatic carbocycles. The number of aromatic nitrogens is 6. The van der Waals surface area contributed by atoms with E-state index in [-0.39, 0.29) is 24.2 Å².